The van der Waals surface area contributed by atoms with Crippen LogP contribution in [0.2, 0.25) is 0 Å². The van der Waals surface area contributed by atoms with Crippen LogP contribution in [0.15, 0.2) is 0 Å². The first-order chi connectivity index (χ1) is 9.75. The maximum Gasteiger partial charge on any atom is 0.309 e. The highest BCUT2D eigenvalue weighted by Gasteiger charge is 2.19. The summed E-state index contributed by atoms with van der Waals surface area (Å²) in [5.74, 6) is -1.13. The minimum atomic E-state index is -0.569. The predicted octanol–water partition coefficient (Wildman–Crippen LogP) is -1.70. The average Bonchev–Trinajstić information content (AvgIpc) is 2.99. The molecule has 0 aromatic carbocycles. The van der Waals surface area contributed by atoms with Crippen LogP contribution in [0, 0.1) is 0 Å². The molecule has 2 amide bonds. The first kappa shape index (κ1) is 15.2. The number of hydrogen-bond acceptors (Lipinski definition) is 5. The number of nitrogens with zero attached hydrogens (tertiary/aromatic N) is 1. The van der Waals surface area contributed by atoms with E-state index < -0.39 is 11.8 Å². The molecule has 0 radical (unpaired) electrons. The monoisotopic (exact) mass is 284 g/mol. The molecule has 0 bridgehead atoms. The quantitative estimate of drug-likeness (QED) is 0.524. The molecule has 0 aromatic heterocycles. The van der Waals surface area contributed by atoms with Crippen LogP contribution in [-0.2, 0) is 14.3 Å². The molecule has 2 aliphatic heterocycles. The number of piperazine rings is 1. The van der Waals surface area contributed by atoms with E-state index in [-0.39, 0.29) is 6.10 Å². The lowest BCUT2D eigenvalue weighted by Gasteiger charge is -2.26. The van der Waals surface area contributed by atoms with Gasteiger partial charge in [0.25, 0.3) is 0 Å². The summed E-state index contributed by atoms with van der Waals surface area (Å²) in [5, 5.41) is 8.54. The summed E-state index contributed by atoms with van der Waals surface area (Å²) < 4.78 is 5.38. The molecular weight excluding hydrogens is 260 g/mol. The zero-order valence-corrected chi connectivity index (χ0v) is 11.8. The Bertz CT molecular complexity index is 326. The number of nitrogens with one attached hydrogen (secondary N) is 3. The number of hydrogen-bond donors (Lipinski definition) is 3. The highest BCUT2D eigenvalue weighted by molar-refractivity contribution is 6.35. The summed E-state index contributed by atoms with van der Waals surface area (Å²) in [7, 11) is 0. The van der Waals surface area contributed by atoms with Gasteiger partial charge in [0.05, 0.1) is 6.10 Å². The van der Waals surface area contributed by atoms with Crippen LogP contribution < -0.4 is 16.0 Å². The van der Waals surface area contributed by atoms with Gasteiger partial charge >= 0.3 is 11.8 Å². The maximum absolute atomic E-state index is 11.6. The van der Waals surface area contributed by atoms with Crippen molar-refractivity contribution in [2.24, 2.45) is 0 Å². The van der Waals surface area contributed by atoms with E-state index in [0.717, 1.165) is 52.2 Å². The molecule has 7 nitrogen and oxygen atoms in total. The smallest absolute Gasteiger partial charge is 0.309 e. The number of ether oxygens (including phenoxy) is 1. The first-order valence-corrected chi connectivity index (χ1v) is 7.36. The molecule has 3 N–H and O–H groups in total. The van der Waals surface area contributed by atoms with Gasteiger partial charge in [0.1, 0.15) is 0 Å². The molecule has 20 heavy (non-hydrogen) atoms. The molecule has 2 saturated heterocycles. The van der Waals surface area contributed by atoms with Crippen molar-refractivity contribution in [3.05, 3.63) is 0 Å². The van der Waals surface area contributed by atoms with E-state index in [2.05, 4.69) is 20.9 Å². The van der Waals surface area contributed by atoms with E-state index in [1.165, 1.54) is 0 Å². The van der Waals surface area contributed by atoms with Crippen molar-refractivity contribution in [2.75, 3.05) is 52.4 Å². The Balaban J connectivity index is 1.54. The van der Waals surface area contributed by atoms with Crippen LogP contribution in [0.1, 0.15) is 12.8 Å². The van der Waals surface area contributed by atoms with Crippen molar-refractivity contribution < 1.29 is 14.3 Å². The van der Waals surface area contributed by atoms with Gasteiger partial charge in [-0.2, -0.15) is 0 Å². The van der Waals surface area contributed by atoms with Crippen LogP contribution in [0.25, 0.3) is 0 Å². The van der Waals surface area contributed by atoms with Crippen LogP contribution in [0.5, 0.6) is 0 Å². The van der Waals surface area contributed by atoms with Crippen molar-refractivity contribution in [1.82, 2.24) is 20.9 Å². The SMILES string of the molecule is O=C(NCCN1CCNCC1)C(=O)NCC1CCCO1. The topological polar surface area (TPSA) is 82.7 Å². The van der Waals surface area contributed by atoms with E-state index in [0.29, 0.717) is 13.1 Å². The lowest BCUT2D eigenvalue weighted by atomic mass is 10.2. The van der Waals surface area contributed by atoms with Gasteiger partial charge in [-0.05, 0) is 12.8 Å². The number of amides is 2. The number of carbonyl (C=O) groups is 2. The Morgan fingerprint density at radius 2 is 1.95 bits per heavy atom. The fraction of sp³-hybridized carbons (Fsp3) is 0.846. The van der Waals surface area contributed by atoms with E-state index in [9.17, 15) is 9.59 Å². The Labute approximate surface area is 119 Å². The third kappa shape index (κ3) is 5.07. The molecule has 2 heterocycles. The summed E-state index contributed by atoms with van der Waals surface area (Å²) in [6.45, 7) is 6.40. The van der Waals surface area contributed by atoms with Crippen LogP contribution in [-0.4, -0.2) is 75.2 Å². The maximum atomic E-state index is 11.6. The molecule has 0 aliphatic carbocycles. The molecule has 2 rings (SSSR count). The molecule has 0 spiro atoms. The lowest BCUT2D eigenvalue weighted by molar-refractivity contribution is -0.139. The first-order valence-electron chi connectivity index (χ1n) is 7.36. The second-order valence-electron chi connectivity index (χ2n) is 5.19. The Hall–Kier alpha value is -1.18. The van der Waals surface area contributed by atoms with Gasteiger partial charge in [0.2, 0.25) is 0 Å². The minimum Gasteiger partial charge on any atom is -0.376 e. The molecule has 2 aliphatic rings. The summed E-state index contributed by atoms with van der Waals surface area (Å²) in [6.07, 6.45) is 2.04. The van der Waals surface area contributed by atoms with Crippen molar-refractivity contribution >= 4 is 11.8 Å². The van der Waals surface area contributed by atoms with E-state index in [1.807, 2.05) is 0 Å². The highest BCUT2D eigenvalue weighted by Crippen LogP contribution is 2.10. The van der Waals surface area contributed by atoms with Gasteiger partial charge in [0.15, 0.2) is 0 Å². The van der Waals surface area contributed by atoms with Gasteiger partial charge in [-0.25, -0.2) is 0 Å². The number of rotatable bonds is 5. The third-order valence-electron chi connectivity index (χ3n) is 3.64. The summed E-state index contributed by atoms with van der Waals surface area (Å²) >= 11 is 0. The summed E-state index contributed by atoms with van der Waals surface area (Å²) in [5.41, 5.74) is 0. The molecular formula is C13H24N4O3. The van der Waals surface area contributed by atoms with Gasteiger partial charge < -0.3 is 20.7 Å². The van der Waals surface area contributed by atoms with Crippen LogP contribution in [0.4, 0.5) is 0 Å². The molecule has 2 fully saturated rings. The zero-order chi connectivity index (χ0) is 14.2. The fourth-order valence-corrected chi connectivity index (χ4v) is 2.43. The van der Waals surface area contributed by atoms with Gasteiger partial charge in [-0.15, -0.1) is 0 Å². The molecule has 1 atom stereocenters. The molecule has 0 aromatic rings. The van der Waals surface area contributed by atoms with E-state index in [4.69, 9.17) is 4.74 Å². The Morgan fingerprint density at radius 1 is 1.20 bits per heavy atom. The summed E-state index contributed by atoms with van der Waals surface area (Å²) in [4.78, 5) is 25.4. The molecule has 0 saturated carbocycles. The Kier molecular flexibility index (Phi) is 6.23. The van der Waals surface area contributed by atoms with Gasteiger partial charge in [-0.3, -0.25) is 14.5 Å². The predicted molar refractivity (Wildman–Crippen MR) is 74.3 cm³/mol. The number of carbonyl (C=O) groups excluding carboxylic acids is 2. The minimum absolute atomic E-state index is 0.0626. The lowest BCUT2D eigenvalue weighted by Crippen LogP contribution is -2.48. The van der Waals surface area contributed by atoms with E-state index >= 15 is 0 Å². The van der Waals surface area contributed by atoms with Crippen LogP contribution in [0.3, 0.4) is 0 Å². The molecule has 114 valence electrons. The largest absolute Gasteiger partial charge is 0.376 e. The average molecular weight is 284 g/mol. The molecule has 1 unspecified atom stereocenters. The van der Waals surface area contributed by atoms with Gasteiger partial charge in [-0.1, -0.05) is 0 Å². The van der Waals surface area contributed by atoms with E-state index in [1.54, 1.807) is 0 Å². The van der Waals surface area contributed by atoms with Crippen molar-refractivity contribution in [3.63, 3.8) is 0 Å². The fourth-order valence-electron chi connectivity index (χ4n) is 2.43. The third-order valence-corrected chi connectivity index (χ3v) is 3.64. The molecule has 7 heteroatoms. The zero-order valence-electron chi connectivity index (χ0n) is 11.8. The normalized spacial score (nSPS) is 23.5. The van der Waals surface area contributed by atoms with Crippen molar-refractivity contribution in [2.45, 2.75) is 18.9 Å². The van der Waals surface area contributed by atoms with Crippen molar-refractivity contribution in [3.8, 4) is 0 Å². The highest BCUT2D eigenvalue weighted by atomic mass is 16.5. The Morgan fingerprint density at radius 3 is 2.65 bits per heavy atom. The standard InChI is InChI=1S/C13H24N4O3/c18-12(13(19)16-10-11-2-1-9-20-11)15-5-8-17-6-3-14-4-7-17/h11,14H,1-10H2,(H,15,18)(H,16,19). The van der Waals surface area contributed by atoms with Crippen molar-refractivity contribution in [1.29, 1.82) is 0 Å². The van der Waals surface area contributed by atoms with Gasteiger partial charge in [0, 0.05) is 52.4 Å². The summed E-state index contributed by atoms with van der Waals surface area (Å²) in [6, 6.07) is 0. The second kappa shape index (κ2) is 8.18. The van der Waals surface area contributed by atoms with Crippen LogP contribution >= 0.6 is 0 Å². The second-order valence-corrected chi connectivity index (χ2v) is 5.19.